The zero-order chi connectivity index (χ0) is 22.1. The van der Waals surface area contributed by atoms with Gasteiger partial charge in [-0.3, -0.25) is 9.89 Å². The summed E-state index contributed by atoms with van der Waals surface area (Å²) in [6.07, 6.45) is 0. The van der Waals surface area contributed by atoms with Crippen LogP contribution < -0.4 is 4.74 Å². The van der Waals surface area contributed by atoms with E-state index in [0.717, 1.165) is 22.3 Å². The van der Waals surface area contributed by atoms with Crippen LogP contribution in [0.25, 0.3) is 11.3 Å². The third-order valence-electron chi connectivity index (χ3n) is 5.78. The van der Waals surface area contributed by atoms with E-state index in [1.54, 1.807) is 0 Å². The lowest BCUT2D eigenvalue weighted by Gasteiger charge is -2.40. The van der Waals surface area contributed by atoms with Crippen molar-refractivity contribution in [2.75, 3.05) is 20.2 Å². The Balaban J connectivity index is 1.58. The van der Waals surface area contributed by atoms with Crippen LogP contribution in [0.15, 0.2) is 36.4 Å². The van der Waals surface area contributed by atoms with Crippen LogP contribution in [0.5, 0.6) is 5.75 Å². The third-order valence-corrected chi connectivity index (χ3v) is 5.78. The number of rotatable bonds is 4. The normalized spacial score (nSPS) is 13.3. The summed E-state index contributed by atoms with van der Waals surface area (Å²) in [5, 5.41) is 25.1. The van der Waals surface area contributed by atoms with Gasteiger partial charge in [0.1, 0.15) is 11.8 Å². The van der Waals surface area contributed by atoms with Gasteiger partial charge in [-0.1, -0.05) is 18.2 Å². The minimum Gasteiger partial charge on any atom is -0.491 e. The van der Waals surface area contributed by atoms with Crippen molar-refractivity contribution in [1.82, 2.24) is 15.1 Å². The molecule has 0 radical (unpaired) electrons. The molecule has 7 nitrogen and oxygen atoms in total. The zero-order valence-electron chi connectivity index (χ0n) is 17.6. The van der Waals surface area contributed by atoms with Gasteiger partial charge >= 0.3 is 0 Å². The highest BCUT2D eigenvalue weighted by atomic mass is 16.5. The maximum atomic E-state index is 13.2. The number of aryl methyl sites for hydroxylation is 2. The first-order valence-electron chi connectivity index (χ1n) is 9.90. The summed E-state index contributed by atoms with van der Waals surface area (Å²) in [4.78, 5) is 15.0. The summed E-state index contributed by atoms with van der Waals surface area (Å²) in [5.41, 5.74) is 5.79. The van der Waals surface area contributed by atoms with Crippen LogP contribution in [-0.4, -0.2) is 41.2 Å². The Bertz CT molecular complexity index is 1240. The third kappa shape index (κ3) is 3.51. The van der Waals surface area contributed by atoms with Gasteiger partial charge in [0.2, 0.25) is 5.69 Å². The van der Waals surface area contributed by atoms with E-state index in [-0.39, 0.29) is 17.5 Å². The molecule has 0 unspecified atom stereocenters. The van der Waals surface area contributed by atoms with E-state index in [4.69, 9.17) is 10.00 Å². The van der Waals surface area contributed by atoms with Crippen molar-refractivity contribution >= 4 is 5.91 Å². The van der Waals surface area contributed by atoms with Gasteiger partial charge in [0.15, 0.2) is 5.75 Å². The fourth-order valence-corrected chi connectivity index (χ4v) is 4.00. The van der Waals surface area contributed by atoms with Crippen LogP contribution in [0.1, 0.15) is 44.2 Å². The number of aromatic nitrogens is 2. The summed E-state index contributed by atoms with van der Waals surface area (Å²) in [7, 11) is 1.49. The van der Waals surface area contributed by atoms with Crippen molar-refractivity contribution in [2.24, 2.45) is 0 Å². The van der Waals surface area contributed by atoms with E-state index in [1.165, 1.54) is 7.11 Å². The first-order chi connectivity index (χ1) is 15.0. The Morgan fingerprint density at radius 3 is 2.45 bits per heavy atom. The molecule has 1 aliphatic rings. The molecule has 0 atom stereocenters. The number of nitriles is 2. The number of benzene rings is 2. The molecule has 0 saturated carbocycles. The topological polar surface area (TPSA) is 106 Å². The van der Waals surface area contributed by atoms with Crippen molar-refractivity contribution < 1.29 is 9.53 Å². The fraction of sp³-hybridized carbons (Fsp3) is 0.250. The molecule has 0 bridgehead atoms. The van der Waals surface area contributed by atoms with E-state index in [0.29, 0.717) is 35.7 Å². The van der Waals surface area contributed by atoms with Crippen molar-refractivity contribution in [3.05, 3.63) is 69.9 Å². The van der Waals surface area contributed by atoms with E-state index >= 15 is 0 Å². The predicted molar refractivity (Wildman–Crippen MR) is 115 cm³/mol. The van der Waals surface area contributed by atoms with Crippen molar-refractivity contribution in [2.45, 2.75) is 19.8 Å². The van der Waals surface area contributed by atoms with Crippen LogP contribution in [0, 0.1) is 36.5 Å². The number of ether oxygens (including phenoxy) is 1. The van der Waals surface area contributed by atoms with Crippen LogP contribution >= 0.6 is 0 Å². The standard InChI is InChI=1S/C24H21N5O2/c1-14-8-15(2)20(9-19(14)22-23(31-3)21(11-26)27-28-22)24(30)29-12-18(13-29)17-6-4-16(10-25)5-7-17/h4-9,18H,12-13H2,1-3H3,(H,27,28). The van der Waals surface area contributed by atoms with E-state index in [2.05, 4.69) is 16.3 Å². The monoisotopic (exact) mass is 411 g/mol. The summed E-state index contributed by atoms with van der Waals surface area (Å²) in [5.74, 6) is 0.619. The van der Waals surface area contributed by atoms with Crippen LogP contribution in [0.2, 0.25) is 0 Å². The lowest BCUT2D eigenvalue weighted by Crippen LogP contribution is -2.48. The molecule has 0 spiro atoms. The van der Waals surface area contributed by atoms with Crippen molar-refractivity contribution in [1.29, 1.82) is 10.5 Å². The average molecular weight is 411 g/mol. The highest BCUT2D eigenvalue weighted by Gasteiger charge is 2.33. The molecule has 1 fully saturated rings. The van der Waals surface area contributed by atoms with Gasteiger partial charge < -0.3 is 9.64 Å². The molecule has 1 aromatic heterocycles. The maximum Gasteiger partial charge on any atom is 0.254 e. The Labute approximate surface area is 180 Å². The van der Waals surface area contributed by atoms with E-state index < -0.39 is 0 Å². The van der Waals surface area contributed by atoms with Crippen LogP contribution in [0.4, 0.5) is 0 Å². The highest BCUT2D eigenvalue weighted by molar-refractivity contribution is 5.98. The number of methoxy groups -OCH3 is 1. The van der Waals surface area contributed by atoms with Crippen LogP contribution in [-0.2, 0) is 0 Å². The number of nitrogens with one attached hydrogen (secondary N) is 1. The average Bonchev–Trinajstić information content (AvgIpc) is 3.16. The Hall–Kier alpha value is -4.10. The zero-order valence-corrected chi connectivity index (χ0v) is 17.6. The first-order valence-corrected chi connectivity index (χ1v) is 9.90. The van der Waals surface area contributed by atoms with Gasteiger partial charge in [-0.05, 0) is 48.7 Å². The maximum absolute atomic E-state index is 13.2. The first kappa shape index (κ1) is 20.2. The summed E-state index contributed by atoms with van der Waals surface area (Å²) < 4.78 is 5.38. The van der Waals surface area contributed by atoms with Gasteiger partial charge in [-0.2, -0.15) is 15.6 Å². The summed E-state index contributed by atoms with van der Waals surface area (Å²) in [6, 6.07) is 15.5. The quantitative estimate of drug-likeness (QED) is 0.705. The van der Waals surface area contributed by atoms with Crippen LogP contribution in [0.3, 0.4) is 0 Å². The number of aromatic amines is 1. The molecular formula is C24H21N5O2. The highest BCUT2D eigenvalue weighted by Crippen LogP contribution is 2.35. The molecule has 1 saturated heterocycles. The Morgan fingerprint density at radius 1 is 1.13 bits per heavy atom. The van der Waals surface area contributed by atoms with E-state index in [1.807, 2.05) is 61.2 Å². The largest absolute Gasteiger partial charge is 0.491 e. The van der Waals surface area contributed by atoms with Gasteiger partial charge in [0.05, 0.1) is 18.7 Å². The molecule has 1 aliphatic heterocycles. The van der Waals surface area contributed by atoms with Crippen molar-refractivity contribution in [3.8, 4) is 29.1 Å². The summed E-state index contributed by atoms with van der Waals surface area (Å²) >= 11 is 0. The molecular weight excluding hydrogens is 390 g/mol. The number of amides is 1. The van der Waals surface area contributed by atoms with Crippen molar-refractivity contribution in [3.63, 3.8) is 0 Å². The van der Waals surface area contributed by atoms with Gasteiger partial charge in [0, 0.05) is 30.1 Å². The minimum absolute atomic E-state index is 0.0253. The SMILES string of the molecule is COc1c(C#N)n[nH]c1-c1cc(C(=O)N2CC(c3ccc(C#N)cc3)C2)c(C)cc1C. The molecule has 2 heterocycles. The van der Waals surface area contributed by atoms with Gasteiger partial charge in [-0.15, -0.1) is 0 Å². The Morgan fingerprint density at radius 2 is 1.84 bits per heavy atom. The smallest absolute Gasteiger partial charge is 0.254 e. The second-order valence-corrected chi connectivity index (χ2v) is 7.72. The molecule has 1 N–H and O–H groups in total. The fourth-order valence-electron chi connectivity index (χ4n) is 4.00. The number of hydrogen-bond acceptors (Lipinski definition) is 5. The molecule has 31 heavy (non-hydrogen) atoms. The molecule has 1 amide bonds. The number of likely N-dealkylation sites (tertiary alicyclic amines) is 1. The number of nitrogens with zero attached hydrogens (tertiary/aromatic N) is 4. The lowest BCUT2D eigenvalue weighted by molar-refractivity contribution is 0.0601. The molecule has 2 aromatic carbocycles. The van der Waals surface area contributed by atoms with Gasteiger partial charge in [0.25, 0.3) is 5.91 Å². The molecule has 3 aromatic rings. The number of carbonyl (C=O) groups excluding carboxylic acids is 1. The summed E-state index contributed by atoms with van der Waals surface area (Å²) in [6.45, 7) is 5.15. The minimum atomic E-state index is -0.0253. The second-order valence-electron chi connectivity index (χ2n) is 7.72. The molecule has 4 rings (SSSR count). The molecule has 154 valence electrons. The number of H-pyrrole nitrogens is 1. The molecule has 0 aliphatic carbocycles. The number of hydrogen-bond donors (Lipinski definition) is 1. The molecule has 7 heteroatoms. The lowest BCUT2D eigenvalue weighted by atomic mass is 9.89. The Kier molecular flexibility index (Phi) is 5.19. The number of carbonyl (C=O) groups is 1. The van der Waals surface area contributed by atoms with E-state index in [9.17, 15) is 10.1 Å². The predicted octanol–water partition coefficient (Wildman–Crippen LogP) is 3.69. The van der Waals surface area contributed by atoms with Gasteiger partial charge in [-0.25, -0.2) is 0 Å². The second kappa shape index (κ2) is 7.97.